The molecule has 1 aromatic heterocycles. The highest BCUT2D eigenvalue weighted by atomic mass is 15.1. The summed E-state index contributed by atoms with van der Waals surface area (Å²) >= 11 is 0. The Bertz CT molecular complexity index is 497. The van der Waals surface area contributed by atoms with Gasteiger partial charge < -0.3 is 9.88 Å². The second-order valence-electron chi connectivity index (χ2n) is 4.96. The smallest absolute Gasteiger partial charge is 0.0954 e. The van der Waals surface area contributed by atoms with Crippen LogP contribution in [-0.4, -0.2) is 16.1 Å². The average molecular weight is 241 g/mol. The second-order valence-corrected chi connectivity index (χ2v) is 4.96. The van der Waals surface area contributed by atoms with Crippen LogP contribution in [0.25, 0.3) is 0 Å². The lowest BCUT2D eigenvalue weighted by Crippen LogP contribution is -2.18. The standard InChI is InChI=1S/C15H19N3/c1-12(13-6-3-2-4-7-13)18-11-16-10-15(18)14-8-5-9-17-14/h2-4,6-7,10-12,14,17H,5,8-9H2,1H3. The molecule has 1 aliphatic rings. The largest absolute Gasteiger partial charge is 0.326 e. The van der Waals surface area contributed by atoms with Crippen LogP contribution in [0.4, 0.5) is 0 Å². The Balaban J connectivity index is 1.90. The average Bonchev–Trinajstić information content (AvgIpc) is 3.09. The van der Waals surface area contributed by atoms with Gasteiger partial charge in [0, 0.05) is 12.2 Å². The third-order valence-electron chi connectivity index (χ3n) is 3.81. The normalized spacial score (nSPS) is 21.1. The minimum Gasteiger partial charge on any atom is -0.326 e. The van der Waals surface area contributed by atoms with Gasteiger partial charge >= 0.3 is 0 Å². The Kier molecular flexibility index (Phi) is 3.15. The van der Waals surface area contributed by atoms with Crippen molar-refractivity contribution in [3.8, 4) is 0 Å². The molecule has 3 nitrogen and oxygen atoms in total. The van der Waals surface area contributed by atoms with Gasteiger partial charge in [-0.1, -0.05) is 30.3 Å². The van der Waals surface area contributed by atoms with Gasteiger partial charge in [-0.3, -0.25) is 0 Å². The lowest BCUT2D eigenvalue weighted by Gasteiger charge is -2.20. The highest BCUT2D eigenvalue weighted by Gasteiger charge is 2.21. The molecule has 2 atom stereocenters. The van der Waals surface area contributed by atoms with Crippen LogP contribution >= 0.6 is 0 Å². The number of hydrogen-bond acceptors (Lipinski definition) is 2. The summed E-state index contributed by atoms with van der Waals surface area (Å²) in [5.41, 5.74) is 2.64. The van der Waals surface area contributed by atoms with Crippen LogP contribution in [0.2, 0.25) is 0 Å². The molecule has 3 heteroatoms. The van der Waals surface area contributed by atoms with E-state index < -0.39 is 0 Å². The summed E-state index contributed by atoms with van der Waals surface area (Å²) < 4.78 is 2.29. The van der Waals surface area contributed by atoms with Gasteiger partial charge in [0.25, 0.3) is 0 Å². The van der Waals surface area contributed by atoms with Crippen LogP contribution in [0, 0.1) is 0 Å². The van der Waals surface area contributed by atoms with Crippen molar-refractivity contribution in [1.82, 2.24) is 14.9 Å². The Hall–Kier alpha value is -1.61. The fourth-order valence-electron chi connectivity index (χ4n) is 2.74. The summed E-state index contributed by atoms with van der Waals surface area (Å²) in [6.45, 7) is 3.35. The third kappa shape index (κ3) is 2.06. The first kappa shape index (κ1) is 11.5. The molecule has 1 fully saturated rings. The van der Waals surface area contributed by atoms with Crippen LogP contribution in [-0.2, 0) is 0 Å². The van der Waals surface area contributed by atoms with Gasteiger partial charge in [-0.2, -0.15) is 0 Å². The van der Waals surface area contributed by atoms with Crippen molar-refractivity contribution in [2.75, 3.05) is 6.54 Å². The molecule has 3 rings (SSSR count). The Morgan fingerprint density at radius 2 is 2.17 bits per heavy atom. The molecule has 0 saturated carbocycles. The number of benzene rings is 1. The zero-order valence-corrected chi connectivity index (χ0v) is 10.7. The number of aromatic nitrogens is 2. The number of hydrogen-bond donors (Lipinski definition) is 1. The first-order valence-corrected chi connectivity index (χ1v) is 6.66. The van der Waals surface area contributed by atoms with Crippen molar-refractivity contribution >= 4 is 0 Å². The zero-order chi connectivity index (χ0) is 12.4. The van der Waals surface area contributed by atoms with Crippen molar-refractivity contribution < 1.29 is 0 Å². The molecule has 0 amide bonds. The molecule has 2 unspecified atom stereocenters. The summed E-state index contributed by atoms with van der Waals surface area (Å²) in [5, 5.41) is 3.54. The summed E-state index contributed by atoms with van der Waals surface area (Å²) in [6.07, 6.45) is 6.43. The highest BCUT2D eigenvalue weighted by molar-refractivity contribution is 5.21. The predicted molar refractivity (Wildman–Crippen MR) is 72.5 cm³/mol. The quantitative estimate of drug-likeness (QED) is 0.895. The van der Waals surface area contributed by atoms with Crippen molar-refractivity contribution in [1.29, 1.82) is 0 Å². The second kappa shape index (κ2) is 4.94. The Morgan fingerprint density at radius 3 is 2.89 bits per heavy atom. The van der Waals surface area contributed by atoms with Gasteiger partial charge in [-0.25, -0.2) is 4.98 Å². The molecule has 1 N–H and O–H groups in total. The van der Waals surface area contributed by atoms with E-state index >= 15 is 0 Å². The van der Waals surface area contributed by atoms with Crippen LogP contribution < -0.4 is 5.32 Å². The summed E-state index contributed by atoms with van der Waals surface area (Å²) in [7, 11) is 0. The fourth-order valence-corrected chi connectivity index (χ4v) is 2.74. The van der Waals surface area contributed by atoms with E-state index in [1.54, 1.807) is 0 Å². The molecule has 0 aliphatic carbocycles. The van der Waals surface area contributed by atoms with E-state index in [9.17, 15) is 0 Å². The minimum absolute atomic E-state index is 0.339. The molecule has 18 heavy (non-hydrogen) atoms. The summed E-state index contributed by atoms with van der Waals surface area (Å²) in [5.74, 6) is 0. The lowest BCUT2D eigenvalue weighted by molar-refractivity contribution is 0.538. The van der Waals surface area contributed by atoms with Gasteiger partial charge in [0.05, 0.1) is 18.1 Å². The number of rotatable bonds is 3. The van der Waals surface area contributed by atoms with Crippen LogP contribution in [0.15, 0.2) is 42.9 Å². The van der Waals surface area contributed by atoms with Gasteiger partial charge in [-0.15, -0.1) is 0 Å². The maximum absolute atomic E-state index is 4.34. The first-order chi connectivity index (χ1) is 8.86. The maximum atomic E-state index is 4.34. The molecule has 0 spiro atoms. The number of imidazole rings is 1. The molecular formula is C15H19N3. The van der Waals surface area contributed by atoms with Gasteiger partial charge in [0.1, 0.15) is 0 Å². The van der Waals surface area contributed by atoms with E-state index in [0.29, 0.717) is 12.1 Å². The monoisotopic (exact) mass is 241 g/mol. The van der Waals surface area contributed by atoms with Crippen LogP contribution in [0.5, 0.6) is 0 Å². The first-order valence-electron chi connectivity index (χ1n) is 6.66. The van der Waals surface area contributed by atoms with E-state index in [1.807, 2.05) is 12.5 Å². The van der Waals surface area contributed by atoms with E-state index in [-0.39, 0.29) is 0 Å². The summed E-state index contributed by atoms with van der Waals surface area (Å²) in [6, 6.07) is 11.4. The molecule has 2 heterocycles. The van der Waals surface area contributed by atoms with Crippen LogP contribution in [0.3, 0.4) is 0 Å². The molecule has 94 valence electrons. The van der Waals surface area contributed by atoms with Gasteiger partial charge in [-0.05, 0) is 31.9 Å². The maximum Gasteiger partial charge on any atom is 0.0954 e. The van der Waals surface area contributed by atoms with Crippen molar-refractivity contribution in [3.63, 3.8) is 0 Å². The Labute approximate surface area is 108 Å². The van der Waals surface area contributed by atoms with Gasteiger partial charge in [0.15, 0.2) is 0 Å². The minimum atomic E-state index is 0.339. The molecular weight excluding hydrogens is 222 g/mol. The van der Waals surface area contributed by atoms with E-state index in [2.05, 4.69) is 52.1 Å². The van der Waals surface area contributed by atoms with Crippen molar-refractivity contribution in [2.45, 2.75) is 31.8 Å². The Morgan fingerprint density at radius 1 is 1.33 bits per heavy atom. The molecule has 1 aromatic carbocycles. The highest BCUT2D eigenvalue weighted by Crippen LogP contribution is 2.27. The molecule has 0 radical (unpaired) electrons. The molecule has 2 aromatic rings. The van der Waals surface area contributed by atoms with Crippen molar-refractivity contribution in [3.05, 3.63) is 54.1 Å². The van der Waals surface area contributed by atoms with E-state index in [0.717, 1.165) is 6.54 Å². The number of nitrogens with one attached hydrogen (secondary N) is 1. The third-order valence-corrected chi connectivity index (χ3v) is 3.81. The van der Waals surface area contributed by atoms with Crippen molar-refractivity contribution in [2.24, 2.45) is 0 Å². The van der Waals surface area contributed by atoms with E-state index in [4.69, 9.17) is 0 Å². The topological polar surface area (TPSA) is 29.9 Å². The van der Waals surface area contributed by atoms with Gasteiger partial charge in [0.2, 0.25) is 0 Å². The zero-order valence-electron chi connectivity index (χ0n) is 10.7. The SMILES string of the molecule is CC(c1ccccc1)n1cncc1C1CCCN1. The molecule has 1 aliphatic heterocycles. The molecule has 1 saturated heterocycles. The van der Waals surface area contributed by atoms with E-state index in [1.165, 1.54) is 24.1 Å². The summed E-state index contributed by atoms with van der Waals surface area (Å²) in [4.78, 5) is 4.34. The van der Waals surface area contributed by atoms with Crippen LogP contribution in [0.1, 0.15) is 43.1 Å². The predicted octanol–water partition coefficient (Wildman–Crippen LogP) is 2.92. The number of nitrogens with zero attached hydrogens (tertiary/aromatic N) is 2. The fraction of sp³-hybridized carbons (Fsp3) is 0.400. The lowest BCUT2D eigenvalue weighted by atomic mass is 10.1. The molecule has 0 bridgehead atoms.